The molecule has 0 unspecified atom stereocenters. The molecule has 5 aliphatic rings. The lowest BCUT2D eigenvalue weighted by Gasteiger charge is -2.75. The van der Waals surface area contributed by atoms with Crippen LogP contribution in [-0.2, 0) is 0 Å². The summed E-state index contributed by atoms with van der Waals surface area (Å²) in [6, 6.07) is 0. The Hall–Kier alpha value is -0.530. The van der Waals surface area contributed by atoms with Crippen molar-refractivity contribution in [2.45, 2.75) is 126 Å². The van der Waals surface area contributed by atoms with Crippen LogP contribution >= 0.6 is 0 Å². The van der Waals surface area contributed by atoms with E-state index in [9.17, 15) is 5.21 Å². The zero-order valence-electron chi connectivity index (χ0n) is 22.5. The first-order valence-electron chi connectivity index (χ1n) is 14.0. The highest BCUT2D eigenvalue weighted by molar-refractivity contribution is 5.87. The summed E-state index contributed by atoms with van der Waals surface area (Å²) < 4.78 is 0. The molecule has 5 fully saturated rings. The minimum atomic E-state index is 0.297. The number of hydrogen-bond acceptors (Lipinski definition) is 2. The highest BCUT2D eigenvalue weighted by atomic mass is 16.4. The van der Waals surface area contributed by atoms with Crippen molar-refractivity contribution in [3.63, 3.8) is 0 Å². The van der Waals surface area contributed by atoms with E-state index in [1.807, 2.05) is 0 Å². The molecule has 0 heterocycles. The fraction of sp³-hybridized carbons (Fsp3) is 0.967. The van der Waals surface area contributed by atoms with Crippen molar-refractivity contribution in [1.29, 1.82) is 0 Å². The first-order valence-corrected chi connectivity index (χ1v) is 14.0. The quantitative estimate of drug-likeness (QED) is 0.296. The maximum Gasteiger partial charge on any atom is 0.0604 e. The van der Waals surface area contributed by atoms with Crippen LogP contribution in [0.25, 0.3) is 0 Å². The molecule has 0 radical (unpaired) electrons. The van der Waals surface area contributed by atoms with E-state index < -0.39 is 0 Å². The molecule has 2 heteroatoms. The van der Waals surface area contributed by atoms with E-state index in [1.165, 1.54) is 64.2 Å². The first-order chi connectivity index (χ1) is 14.8. The van der Waals surface area contributed by atoms with E-state index in [1.54, 1.807) is 0 Å². The highest BCUT2D eigenvalue weighted by Gasteiger charge is 2.70. The van der Waals surface area contributed by atoms with Crippen LogP contribution in [0.3, 0.4) is 0 Å². The molecule has 0 saturated heterocycles. The van der Waals surface area contributed by atoms with Gasteiger partial charge < -0.3 is 5.21 Å². The van der Waals surface area contributed by atoms with Crippen LogP contribution in [0.1, 0.15) is 126 Å². The molecule has 0 amide bonds. The Morgan fingerprint density at radius 3 is 2.00 bits per heavy atom. The first kappa shape index (κ1) is 23.2. The molecule has 0 aromatic carbocycles. The van der Waals surface area contributed by atoms with E-state index in [2.05, 4.69) is 60.5 Å². The van der Waals surface area contributed by atoms with Crippen LogP contribution in [0, 0.1) is 56.2 Å². The maximum absolute atomic E-state index is 9.66. The van der Waals surface area contributed by atoms with Gasteiger partial charge in [0.05, 0.1) is 5.71 Å². The molecule has 0 bridgehead atoms. The van der Waals surface area contributed by atoms with E-state index >= 15 is 0 Å². The van der Waals surface area contributed by atoms with E-state index in [0.29, 0.717) is 38.4 Å². The van der Waals surface area contributed by atoms with Crippen LogP contribution < -0.4 is 0 Å². The van der Waals surface area contributed by atoms with Gasteiger partial charge >= 0.3 is 0 Å². The lowest BCUT2D eigenvalue weighted by Crippen LogP contribution is -2.67. The second kappa shape index (κ2) is 6.78. The molecular weight excluding hydrogens is 390 g/mol. The SMILES string of the molecule is C[C@H]1/C(=N/O)CC[C@@H]2[C@]1(C)CC[C@@H]1[C@]2(C)CC[C@@]2(C)[C@H]3CC(C)(C)CC[C@]3(C)CC[C@]12C. The Kier molecular flexibility index (Phi) is 4.92. The van der Waals surface area contributed by atoms with Gasteiger partial charge in [0.25, 0.3) is 0 Å². The summed E-state index contributed by atoms with van der Waals surface area (Å²) in [7, 11) is 0. The van der Waals surface area contributed by atoms with E-state index in [0.717, 1.165) is 29.9 Å². The number of nitrogens with zero attached hydrogens (tertiary/aromatic N) is 1. The third-order valence-corrected chi connectivity index (χ3v) is 13.9. The second-order valence-electron chi connectivity index (χ2n) is 15.4. The third-order valence-electron chi connectivity index (χ3n) is 13.9. The summed E-state index contributed by atoms with van der Waals surface area (Å²) in [6.45, 7) is 20.9. The van der Waals surface area contributed by atoms with Gasteiger partial charge in [0.1, 0.15) is 0 Å². The summed E-state index contributed by atoms with van der Waals surface area (Å²) in [4.78, 5) is 0. The average Bonchev–Trinajstić information content (AvgIpc) is 2.72. The van der Waals surface area contributed by atoms with Gasteiger partial charge in [-0.05, 0) is 121 Å². The van der Waals surface area contributed by atoms with Gasteiger partial charge in [-0.25, -0.2) is 0 Å². The predicted octanol–water partition coefficient (Wildman–Crippen LogP) is 8.72. The average molecular weight is 442 g/mol. The number of rotatable bonds is 0. The molecule has 0 aromatic heterocycles. The third kappa shape index (κ3) is 2.73. The fourth-order valence-electron chi connectivity index (χ4n) is 11.3. The molecule has 0 aromatic rings. The number of fused-ring (bicyclic) bond motifs is 7. The standard InChI is InChI=1S/C30H51NO/c1-20-21(31-32)9-10-22-27(20,5)12-11-23-28(22,6)16-18-30(8)24-19-25(2,3)13-14-26(24,4)15-17-29(23,30)7/h20,22-24,32H,9-19H2,1-8H3/b31-21+/t20-,22+,23+,24-,26+,27+,28+,29+,30-/m0/s1. The molecule has 2 nitrogen and oxygen atoms in total. The minimum absolute atomic E-state index is 0.297. The Labute approximate surface area is 198 Å². The van der Waals surface area contributed by atoms with Crippen LogP contribution in [0.15, 0.2) is 5.16 Å². The van der Waals surface area contributed by atoms with Crippen molar-refractivity contribution in [2.75, 3.05) is 0 Å². The van der Waals surface area contributed by atoms with Crippen molar-refractivity contribution in [2.24, 2.45) is 61.3 Å². The van der Waals surface area contributed by atoms with Crippen LogP contribution in [0.5, 0.6) is 0 Å². The highest BCUT2D eigenvalue weighted by Crippen LogP contribution is 2.78. The monoisotopic (exact) mass is 441 g/mol. The zero-order chi connectivity index (χ0) is 23.4. The normalized spacial score (nSPS) is 58.3. The Bertz CT molecular complexity index is 816. The summed E-state index contributed by atoms with van der Waals surface area (Å²) >= 11 is 0. The largest absolute Gasteiger partial charge is 0.411 e. The predicted molar refractivity (Wildman–Crippen MR) is 134 cm³/mol. The minimum Gasteiger partial charge on any atom is -0.411 e. The summed E-state index contributed by atoms with van der Waals surface area (Å²) in [6.07, 6.45) is 15.0. The van der Waals surface area contributed by atoms with Gasteiger partial charge in [-0.2, -0.15) is 0 Å². The molecule has 5 rings (SSSR count). The molecule has 5 saturated carbocycles. The number of hydrogen-bond donors (Lipinski definition) is 1. The molecule has 182 valence electrons. The Morgan fingerprint density at radius 2 is 1.31 bits per heavy atom. The molecule has 0 aliphatic heterocycles. The summed E-state index contributed by atoms with van der Waals surface area (Å²) in [5.74, 6) is 2.92. The van der Waals surface area contributed by atoms with Gasteiger partial charge in [0.15, 0.2) is 0 Å². The lowest BCUT2D eigenvalue weighted by atomic mass is 9.30. The Morgan fingerprint density at radius 1 is 0.688 bits per heavy atom. The van der Waals surface area contributed by atoms with Gasteiger partial charge in [-0.1, -0.05) is 60.5 Å². The van der Waals surface area contributed by atoms with Crippen molar-refractivity contribution >= 4 is 5.71 Å². The van der Waals surface area contributed by atoms with Crippen LogP contribution in [0.2, 0.25) is 0 Å². The summed E-state index contributed by atoms with van der Waals surface area (Å²) in [5.41, 5.74) is 3.82. The van der Waals surface area contributed by atoms with Gasteiger partial charge in [-0.15, -0.1) is 0 Å². The van der Waals surface area contributed by atoms with Crippen molar-refractivity contribution in [3.05, 3.63) is 0 Å². The molecule has 0 spiro atoms. The van der Waals surface area contributed by atoms with Crippen LogP contribution in [-0.4, -0.2) is 10.9 Å². The maximum atomic E-state index is 9.66. The molecule has 5 aliphatic carbocycles. The second-order valence-corrected chi connectivity index (χ2v) is 15.4. The Balaban J connectivity index is 1.54. The van der Waals surface area contributed by atoms with Crippen molar-refractivity contribution in [3.8, 4) is 0 Å². The van der Waals surface area contributed by atoms with Gasteiger partial charge in [0.2, 0.25) is 0 Å². The van der Waals surface area contributed by atoms with Gasteiger partial charge in [-0.3, -0.25) is 0 Å². The zero-order valence-corrected chi connectivity index (χ0v) is 22.5. The molecule has 9 atom stereocenters. The topological polar surface area (TPSA) is 32.6 Å². The van der Waals surface area contributed by atoms with Gasteiger partial charge in [0, 0.05) is 5.92 Å². The fourth-order valence-corrected chi connectivity index (χ4v) is 11.3. The van der Waals surface area contributed by atoms with Crippen molar-refractivity contribution < 1.29 is 5.21 Å². The smallest absolute Gasteiger partial charge is 0.0604 e. The van der Waals surface area contributed by atoms with E-state index in [4.69, 9.17) is 0 Å². The molecule has 32 heavy (non-hydrogen) atoms. The molecular formula is C30H51NO. The van der Waals surface area contributed by atoms with Crippen LogP contribution in [0.4, 0.5) is 0 Å². The lowest BCUT2D eigenvalue weighted by molar-refractivity contribution is -0.254. The van der Waals surface area contributed by atoms with E-state index in [-0.39, 0.29) is 0 Å². The number of oxime groups is 1. The van der Waals surface area contributed by atoms with Crippen molar-refractivity contribution in [1.82, 2.24) is 0 Å². The molecule has 1 N–H and O–H groups in total. The summed E-state index contributed by atoms with van der Waals surface area (Å²) in [5, 5.41) is 13.4.